The molecule has 0 aliphatic carbocycles. The lowest BCUT2D eigenvalue weighted by Crippen LogP contribution is -2.12. The van der Waals surface area contributed by atoms with E-state index in [0.717, 1.165) is 5.56 Å². The fourth-order valence-electron chi connectivity index (χ4n) is 0.807. The monoisotopic (exact) mass is 180 g/mol. The van der Waals surface area contributed by atoms with Gasteiger partial charge < -0.3 is 10.5 Å². The van der Waals surface area contributed by atoms with Gasteiger partial charge in [0, 0.05) is 0 Å². The van der Waals surface area contributed by atoms with Crippen molar-refractivity contribution in [2.45, 2.75) is 6.61 Å². The molecule has 0 heterocycles. The fourth-order valence-corrected chi connectivity index (χ4v) is 0.807. The number of primary amides is 1. The predicted octanol–water partition coefficient (Wildman–Crippen LogP) is 1.68. The second kappa shape index (κ2) is 4.20. The van der Waals surface area contributed by atoms with Gasteiger partial charge in [-0.15, -0.1) is 4.91 Å². The van der Waals surface area contributed by atoms with Gasteiger partial charge in [-0.2, -0.15) is 0 Å². The van der Waals surface area contributed by atoms with Gasteiger partial charge in [-0.1, -0.05) is 12.1 Å². The molecule has 1 aromatic rings. The number of carbonyl (C=O) groups is 1. The van der Waals surface area contributed by atoms with Gasteiger partial charge in [-0.3, -0.25) is 0 Å². The third kappa shape index (κ3) is 2.90. The molecule has 0 fully saturated rings. The van der Waals surface area contributed by atoms with Crippen LogP contribution < -0.4 is 5.73 Å². The highest BCUT2D eigenvalue weighted by Crippen LogP contribution is 2.12. The van der Waals surface area contributed by atoms with Crippen LogP contribution in [0.2, 0.25) is 0 Å². The normalized spacial score (nSPS) is 9.23. The summed E-state index contributed by atoms with van der Waals surface area (Å²) in [6.07, 6.45) is -0.822. The zero-order valence-electron chi connectivity index (χ0n) is 6.77. The minimum absolute atomic E-state index is 0.106. The Bertz CT molecular complexity index is 308. The lowest BCUT2D eigenvalue weighted by molar-refractivity contribution is 0.150. The summed E-state index contributed by atoms with van der Waals surface area (Å²) < 4.78 is 4.53. The Kier molecular flexibility index (Phi) is 2.97. The fraction of sp³-hybridized carbons (Fsp3) is 0.125. The lowest BCUT2D eigenvalue weighted by Gasteiger charge is -2.00. The smallest absolute Gasteiger partial charge is 0.404 e. The van der Waals surface area contributed by atoms with Gasteiger partial charge in [-0.05, 0) is 22.9 Å². The number of hydrogen-bond acceptors (Lipinski definition) is 4. The van der Waals surface area contributed by atoms with Crippen molar-refractivity contribution in [1.82, 2.24) is 0 Å². The van der Waals surface area contributed by atoms with Gasteiger partial charge in [0.1, 0.15) is 12.3 Å². The molecule has 0 aromatic heterocycles. The maximum absolute atomic E-state index is 10.2. The molecule has 1 amide bonds. The summed E-state index contributed by atoms with van der Waals surface area (Å²) in [4.78, 5) is 20.3. The van der Waals surface area contributed by atoms with Crippen molar-refractivity contribution in [2.24, 2.45) is 10.9 Å². The zero-order valence-corrected chi connectivity index (χ0v) is 6.77. The van der Waals surface area contributed by atoms with Crippen LogP contribution in [0.5, 0.6) is 0 Å². The molecule has 0 radical (unpaired) electrons. The van der Waals surface area contributed by atoms with Gasteiger partial charge in [0.25, 0.3) is 0 Å². The summed E-state index contributed by atoms with van der Waals surface area (Å²) in [7, 11) is 0. The molecule has 0 saturated heterocycles. The molecular formula is C8H8N2O3. The Morgan fingerprint density at radius 3 is 2.46 bits per heavy atom. The van der Waals surface area contributed by atoms with E-state index in [2.05, 4.69) is 9.91 Å². The first-order valence-electron chi connectivity index (χ1n) is 3.57. The number of benzene rings is 1. The number of hydrogen-bond donors (Lipinski definition) is 1. The highest BCUT2D eigenvalue weighted by Gasteiger charge is 1.97. The summed E-state index contributed by atoms with van der Waals surface area (Å²) in [6, 6.07) is 6.35. The molecule has 5 heteroatoms. The van der Waals surface area contributed by atoms with Crippen LogP contribution in [0.25, 0.3) is 0 Å². The minimum Gasteiger partial charge on any atom is -0.445 e. The SMILES string of the molecule is NC(=O)OCc1ccc(N=O)cc1. The van der Waals surface area contributed by atoms with Gasteiger partial charge in [0.15, 0.2) is 0 Å². The zero-order chi connectivity index (χ0) is 9.68. The van der Waals surface area contributed by atoms with Crippen molar-refractivity contribution >= 4 is 11.8 Å². The van der Waals surface area contributed by atoms with Gasteiger partial charge in [0.05, 0.1) is 0 Å². The predicted molar refractivity (Wildman–Crippen MR) is 46.3 cm³/mol. The molecule has 1 aromatic carbocycles. The Morgan fingerprint density at radius 2 is 2.00 bits per heavy atom. The average Bonchev–Trinajstić information content (AvgIpc) is 2.15. The molecule has 0 saturated carbocycles. The van der Waals surface area contributed by atoms with E-state index < -0.39 is 6.09 Å². The molecule has 2 N–H and O–H groups in total. The molecule has 0 unspecified atom stereocenters. The van der Waals surface area contributed by atoms with Crippen LogP contribution in [0.1, 0.15) is 5.56 Å². The highest BCUT2D eigenvalue weighted by molar-refractivity contribution is 5.64. The Morgan fingerprint density at radius 1 is 1.38 bits per heavy atom. The maximum atomic E-state index is 10.2. The van der Waals surface area contributed by atoms with E-state index in [9.17, 15) is 9.70 Å². The van der Waals surface area contributed by atoms with Crippen LogP contribution in [-0.4, -0.2) is 6.09 Å². The van der Waals surface area contributed by atoms with Crippen molar-refractivity contribution in [2.75, 3.05) is 0 Å². The molecule has 0 bridgehead atoms. The minimum atomic E-state index is -0.822. The molecular weight excluding hydrogens is 172 g/mol. The molecule has 0 atom stereocenters. The number of nitrogens with two attached hydrogens (primary N) is 1. The molecule has 0 spiro atoms. The summed E-state index contributed by atoms with van der Waals surface area (Å²) in [5, 5.41) is 2.72. The van der Waals surface area contributed by atoms with Crippen LogP contribution in [0.15, 0.2) is 29.4 Å². The molecule has 1 rings (SSSR count). The molecule has 5 nitrogen and oxygen atoms in total. The quantitative estimate of drug-likeness (QED) is 0.718. The largest absolute Gasteiger partial charge is 0.445 e. The summed E-state index contributed by atoms with van der Waals surface area (Å²) >= 11 is 0. The van der Waals surface area contributed by atoms with Crippen LogP contribution in [0.3, 0.4) is 0 Å². The summed E-state index contributed by atoms with van der Waals surface area (Å²) in [5.41, 5.74) is 5.86. The van der Waals surface area contributed by atoms with Crippen molar-refractivity contribution in [1.29, 1.82) is 0 Å². The third-order valence-electron chi connectivity index (χ3n) is 1.42. The van der Waals surface area contributed by atoms with E-state index in [4.69, 9.17) is 5.73 Å². The van der Waals surface area contributed by atoms with Gasteiger partial charge in [-0.25, -0.2) is 4.79 Å². The number of ether oxygens (including phenoxy) is 1. The first-order valence-corrected chi connectivity index (χ1v) is 3.57. The lowest BCUT2D eigenvalue weighted by atomic mass is 10.2. The topological polar surface area (TPSA) is 81.8 Å². The van der Waals surface area contributed by atoms with Gasteiger partial charge >= 0.3 is 6.09 Å². The van der Waals surface area contributed by atoms with E-state index in [0.29, 0.717) is 5.69 Å². The Labute approximate surface area is 74.5 Å². The molecule has 68 valence electrons. The van der Waals surface area contributed by atoms with Crippen molar-refractivity contribution in [3.05, 3.63) is 34.7 Å². The van der Waals surface area contributed by atoms with Crippen molar-refractivity contribution in [3.8, 4) is 0 Å². The number of nitroso groups, excluding NO2 is 1. The van der Waals surface area contributed by atoms with E-state index in [1.54, 1.807) is 12.1 Å². The van der Waals surface area contributed by atoms with Crippen LogP contribution >= 0.6 is 0 Å². The Hall–Kier alpha value is -1.91. The number of nitrogens with zero attached hydrogens (tertiary/aromatic N) is 1. The number of amides is 1. The van der Waals surface area contributed by atoms with E-state index in [1.807, 2.05) is 0 Å². The standard InChI is InChI=1S/C8H8N2O3/c9-8(11)13-5-6-1-3-7(10-12)4-2-6/h1-4H,5H2,(H2,9,11). The van der Waals surface area contributed by atoms with Crippen molar-refractivity contribution < 1.29 is 9.53 Å². The highest BCUT2D eigenvalue weighted by atomic mass is 16.5. The van der Waals surface area contributed by atoms with Crippen LogP contribution in [-0.2, 0) is 11.3 Å². The summed E-state index contributed by atoms with van der Waals surface area (Å²) in [6.45, 7) is 0.106. The van der Waals surface area contributed by atoms with E-state index >= 15 is 0 Å². The number of rotatable bonds is 3. The second-order valence-electron chi connectivity index (χ2n) is 2.37. The first-order chi connectivity index (χ1) is 6.22. The maximum Gasteiger partial charge on any atom is 0.404 e. The van der Waals surface area contributed by atoms with Gasteiger partial charge in [0.2, 0.25) is 0 Å². The van der Waals surface area contributed by atoms with Crippen LogP contribution in [0, 0.1) is 4.91 Å². The van der Waals surface area contributed by atoms with E-state index in [-0.39, 0.29) is 6.61 Å². The van der Waals surface area contributed by atoms with E-state index in [1.165, 1.54) is 12.1 Å². The molecule has 13 heavy (non-hydrogen) atoms. The van der Waals surface area contributed by atoms with Crippen molar-refractivity contribution in [3.63, 3.8) is 0 Å². The van der Waals surface area contributed by atoms with Crippen LogP contribution in [0.4, 0.5) is 10.5 Å². The Balaban J connectivity index is 2.59. The second-order valence-corrected chi connectivity index (χ2v) is 2.37. The third-order valence-corrected chi connectivity index (χ3v) is 1.42. The molecule has 0 aliphatic heterocycles. The average molecular weight is 180 g/mol. The first kappa shape index (κ1) is 9.18. The number of carbonyl (C=O) groups excluding carboxylic acids is 1. The summed E-state index contributed by atoms with van der Waals surface area (Å²) in [5.74, 6) is 0. The molecule has 0 aliphatic rings.